The van der Waals surface area contributed by atoms with E-state index in [-0.39, 0.29) is 5.82 Å². The zero-order valence-electron chi connectivity index (χ0n) is 8.27. The Labute approximate surface area is 91.6 Å². The van der Waals surface area contributed by atoms with Gasteiger partial charge in [0.15, 0.2) is 0 Å². The van der Waals surface area contributed by atoms with Crippen LogP contribution in [-0.4, -0.2) is 4.98 Å². The lowest BCUT2D eigenvalue weighted by molar-refractivity contribution is 0.600. The van der Waals surface area contributed by atoms with Crippen molar-refractivity contribution >= 4 is 11.3 Å². The van der Waals surface area contributed by atoms with Gasteiger partial charge in [-0.1, -0.05) is 17.7 Å². The molecule has 1 aromatic carbocycles. The van der Waals surface area contributed by atoms with Crippen molar-refractivity contribution in [2.24, 2.45) is 5.73 Å². The Morgan fingerprint density at radius 1 is 1.47 bits per heavy atom. The van der Waals surface area contributed by atoms with Gasteiger partial charge in [0.1, 0.15) is 5.82 Å². The van der Waals surface area contributed by atoms with Gasteiger partial charge < -0.3 is 5.73 Å². The second-order valence-corrected chi connectivity index (χ2v) is 4.32. The van der Waals surface area contributed by atoms with Crippen LogP contribution in [0, 0.1) is 12.7 Å². The van der Waals surface area contributed by atoms with Gasteiger partial charge in [-0.15, -0.1) is 11.3 Å². The summed E-state index contributed by atoms with van der Waals surface area (Å²) in [5.41, 5.74) is 9.19. The molecular weight excluding hydrogens is 211 g/mol. The Bertz CT molecular complexity index is 454. The van der Waals surface area contributed by atoms with E-state index < -0.39 is 6.04 Å². The van der Waals surface area contributed by atoms with Crippen LogP contribution in [0.15, 0.2) is 29.9 Å². The first-order valence-corrected chi connectivity index (χ1v) is 5.46. The van der Waals surface area contributed by atoms with E-state index in [4.69, 9.17) is 5.73 Å². The number of benzene rings is 1. The van der Waals surface area contributed by atoms with Crippen LogP contribution in [0.2, 0.25) is 0 Å². The van der Waals surface area contributed by atoms with Crippen LogP contribution in [0.3, 0.4) is 0 Å². The molecule has 0 spiro atoms. The second kappa shape index (κ2) is 4.08. The number of hydrogen-bond acceptors (Lipinski definition) is 3. The number of hydrogen-bond donors (Lipinski definition) is 1. The van der Waals surface area contributed by atoms with Crippen molar-refractivity contribution in [2.75, 3.05) is 0 Å². The minimum Gasteiger partial charge on any atom is -0.319 e. The average molecular weight is 222 g/mol. The van der Waals surface area contributed by atoms with Crippen LogP contribution in [0.1, 0.15) is 22.0 Å². The Morgan fingerprint density at radius 3 is 2.93 bits per heavy atom. The van der Waals surface area contributed by atoms with Crippen LogP contribution < -0.4 is 5.73 Å². The highest BCUT2D eigenvalue weighted by Gasteiger charge is 2.14. The summed E-state index contributed by atoms with van der Waals surface area (Å²) >= 11 is 1.44. The minimum absolute atomic E-state index is 0.262. The van der Waals surface area contributed by atoms with Crippen molar-refractivity contribution in [1.29, 1.82) is 0 Å². The summed E-state index contributed by atoms with van der Waals surface area (Å²) in [5, 5.41) is 0. The van der Waals surface area contributed by atoms with E-state index >= 15 is 0 Å². The van der Waals surface area contributed by atoms with Crippen molar-refractivity contribution < 1.29 is 4.39 Å². The van der Waals surface area contributed by atoms with Gasteiger partial charge >= 0.3 is 0 Å². The first-order valence-electron chi connectivity index (χ1n) is 4.58. The summed E-state index contributed by atoms with van der Waals surface area (Å²) in [6.07, 6.45) is 1.68. The summed E-state index contributed by atoms with van der Waals surface area (Å²) < 4.78 is 13.5. The number of rotatable bonds is 2. The quantitative estimate of drug-likeness (QED) is 0.848. The number of nitrogens with zero attached hydrogens (tertiary/aromatic N) is 1. The summed E-state index contributed by atoms with van der Waals surface area (Å²) in [5.74, 6) is -0.262. The van der Waals surface area contributed by atoms with Crippen molar-refractivity contribution in [3.05, 3.63) is 51.7 Å². The number of halogens is 1. The van der Waals surface area contributed by atoms with E-state index in [2.05, 4.69) is 4.98 Å². The molecule has 1 unspecified atom stereocenters. The van der Waals surface area contributed by atoms with Gasteiger partial charge in [-0.25, -0.2) is 4.39 Å². The highest BCUT2D eigenvalue weighted by molar-refractivity contribution is 7.09. The molecular formula is C11H11FN2S. The summed E-state index contributed by atoms with van der Waals surface area (Å²) in [6.45, 7) is 1.92. The second-order valence-electron chi connectivity index (χ2n) is 3.41. The highest BCUT2D eigenvalue weighted by atomic mass is 32.1. The molecule has 1 atom stereocenters. The lowest BCUT2D eigenvalue weighted by Gasteiger charge is -2.11. The maximum atomic E-state index is 13.5. The molecule has 2 nitrogen and oxygen atoms in total. The van der Waals surface area contributed by atoms with Gasteiger partial charge in [0, 0.05) is 16.6 Å². The molecule has 78 valence electrons. The summed E-state index contributed by atoms with van der Waals surface area (Å²) in [7, 11) is 0. The molecule has 0 bridgehead atoms. The molecule has 0 aliphatic heterocycles. The van der Waals surface area contributed by atoms with E-state index in [0.717, 1.165) is 10.4 Å². The summed E-state index contributed by atoms with van der Waals surface area (Å²) in [6, 6.07) is 4.54. The fourth-order valence-electron chi connectivity index (χ4n) is 1.43. The van der Waals surface area contributed by atoms with Gasteiger partial charge in [-0.3, -0.25) is 4.98 Å². The first-order chi connectivity index (χ1) is 7.18. The third-order valence-electron chi connectivity index (χ3n) is 2.24. The Hall–Kier alpha value is -1.26. The fraction of sp³-hybridized carbons (Fsp3) is 0.182. The molecule has 0 amide bonds. The molecule has 4 heteroatoms. The van der Waals surface area contributed by atoms with Crippen molar-refractivity contribution in [3.63, 3.8) is 0 Å². The van der Waals surface area contributed by atoms with Crippen molar-refractivity contribution in [3.8, 4) is 0 Å². The number of nitrogens with two attached hydrogens (primary N) is 1. The van der Waals surface area contributed by atoms with Gasteiger partial charge in [0.25, 0.3) is 0 Å². The van der Waals surface area contributed by atoms with Crippen LogP contribution in [0.5, 0.6) is 0 Å². The molecule has 2 aromatic rings. The standard InChI is InChI=1S/C11H11FN2S/c1-7-2-3-9(12)8(4-7)11(13)10-5-14-6-15-10/h2-6,11H,13H2,1H3. The monoisotopic (exact) mass is 222 g/mol. The van der Waals surface area contributed by atoms with Gasteiger partial charge in [0.2, 0.25) is 0 Å². The first kappa shape index (κ1) is 10.3. The number of thiazole rings is 1. The smallest absolute Gasteiger partial charge is 0.128 e. The van der Waals surface area contributed by atoms with Crippen LogP contribution in [0.25, 0.3) is 0 Å². The molecule has 0 radical (unpaired) electrons. The molecule has 2 N–H and O–H groups in total. The lowest BCUT2D eigenvalue weighted by Crippen LogP contribution is -2.12. The minimum atomic E-state index is -0.419. The van der Waals surface area contributed by atoms with Gasteiger partial charge in [-0.2, -0.15) is 0 Å². The van der Waals surface area contributed by atoms with Gasteiger partial charge in [-0.05, 0) is 13.0 Å². The molecule has 0 fully saturated rings. The van der Waals surface area contributed by atoms with Crippen LogP contribution >= 0.6 is 11.3 Å². The number of aromatic nitrogens is 1. The van der Waals surface area contributed by atoms with Crippen LogP contribution in [0.4, 0.5) is 4.39 Å². The molecule has 1 aromatic heterocycles. The van der Waals surface area contributed by atoms with Crippen LogP contribution in [-0.2, 0) is 0 Å². The van der Waals surface area contributed by atoms with Crippen molar-refractivity contribution in [1.82, 2.24) is 4.98 Å². The topological polar surface area (TPSA) is 38.9 Å². The lowest BCUT2D eigenvalue weighted by atomic mass is 10.0. The Balaban J connectivity index is 2.41. The van der Waals surface area contributed by atoms with E-state index in [1.54, 1.807) is 23.8 Å². The molecule has 1 heterocycles. The molecule has 15 heavy (non-hydrogen) atoms. The van der Waals surface area contributed by atoms with Gasteiger partial charge in [0.05, 0.1) is 11.6 Å². The molecule has 2 rings (SSSR count). The maximum Gasteiger partial charge on any atom is 0.128 e. The predicted octanol–water partition coefficient (Wildman–Crippen LogP) is 2.64. The summed E-state index contributed by atoms with van der Waals surface area (Å²) in [4.78, 5) is 4.81. The van der Waals surface area contributed by atoms with E-state index in [1.807, 2.05) is 6.92 Å². The zero-order valence-corrected chi connectivity index (χ0v) is 9.09. The zero-order chi connectivity index (χ0) is 10.8. The van der Waals surface area contributed by atoms with E-state index in [9.17, 15) is 4.39 Å². The largest absolute Gasteiger partial charge is 0.319 e. The third kappa shape index (κ3) is 2.06. The maximum absolute atomic E-state index is 13.5. The average Bonchev–Trinajstić information content (AvgIpc) is 2.74. The normalized spacial score (nSPS) is 12.7. The number of aryl methyl sites for hydroxylation is 1. The van der Waals surface area contributed by atoms with E-state index in [0.29, 0.717) is 5.56 Å². The molecule has 0 aliphatic carbocycles. The van der Waals surface area contributed by atoms with E-state index in [1.165, 1.54) is 17.4 Å². The molecule has 0 saturated heterocycles. The fourth-order valence-corrected chi connectivity index (χ4v) is 2.07. The third-order valence-corrected chi connectivity index (χ3v) is 3.10. The Kier molecular flexibility index (Phi) is 2.79. The SMILES string of the molecule is Cc1ccc(F)c(C(N)c2cncs2)c1. The Morgan fingerprint density at radius 2 is 2.27 bits per heavy atom. The predicted molar refractivity (Wildman–Crippen MR) is 59.3 cm³/mol. The molecule has 0 aliphatic rings. The molecule has 0 saturated carbocycles. The highest BCUT2D eigenvalue weighted by Crippen LogP contribution is 2.25. The van der Waals surface area contributed by atoms with Crippen molar-refractivity contribution in [2.45, 2.75) is 13.0 Å².